The van der Waals surface area contributed by atoms with Crippen LogP contribution in [0, 0.1) is 0 Å². The van der Waals surface area contributed by atoms with Crippen LogP contribution in [0.25, 0.3) is 11.2 Å². The summed E-state index contributed by atoms with van der Waals surface area (Å²) < 4.78 is 5.43. The molecule has 0 aromatic carbocycles. The number of rotatable bonds is 3. The number of fused-ring (bicyclic) bond motifs is 1. The SMILES string of the molecule is CN(CCN)c1nc2cccnc2o1. The van der Waals surface area contributed by atoms with Gasteiger partial charge in [0.05, 0.1) is 0 Å². The van der Waals surface area contributed by atoms with E-state index in [0.717, 1.165) is 5.52 Å². The molecule has 0 aliphatic heterocycles. The first kappa shape index (κ1) is 8.96. The average Bonchev–Trinajstić information content (AvgIpc) is 2.61. The topological polar surface area (TPSA) is 68.2 Å². The molecule has 0 spiro atoms. The molecule has 0 aliphatic rings. The highest BCUT2D eigenvalue weighted by Crippen LogP contribution is 2.17. The fourth-order valence-corrected chi connectivity index (χ4v) is 1.21. The number of nitrogens with zero attached hydrogens (tertiary/aromatic N) is 3. The molecule has 5 heteroatoms. The minimum Gasteiger partial charge on any atom is -0.404 e. The van der Waals surface area contributed by atoms with Crippen molar-refractivity contribution in [3.63, 3.8) is 0 Å². The van der Waals surface area contributed by atoms with Crippen molar-refractivity contribution in [2.75, 3.05) is 25.0 Å². The Labute approximate surface area is 81.5 Å². The fraction of sp³-hybridized carbons (Fsp3) is 0.333. The number of likely N-dealkylation sites (N-methyl/N-ethyl adjacent to an activating group) is 1. The Bertz CT molecular complexity index is 392. The predicted molar refractivity (Wildman–Crippen MR) is 54.1 cm³/mol. The van der Waals surface area contributed by atoms with Crippen LogP contribution in [0.4, 0.5) is 6.01 Å². The molecule has 2 aromatic heterocycles. The van der Waals surface area contributed by atoms with Crippen LogP contribution in [0.15, 0.2) is 22.7 Å². The Kier molecular flexibility index (Phi) is 2.32. The van der Waals surface area contributed by atoms with E-state index in [1.807, 2.05) is 24.1 Å². The molecule has 14 heavy (non-hydrogen) atoms. The molecular formula is C9H12N4O. The normalized spacial score (nSPS) is 10.7. The van der Waals surface area contributed by atoms with Gasteiger partial charge in [0, 0.05) is 26.3 Å². The first-order valence-electron chi connectivity index (χ1n) is 4.44. The van der Waals surface area contributed by atoms with Gasteiger partial charge in [0.1, 0.15) is 5.52 Å². The van der Waals surface area contributed by atoms with Crippen molar-refractivity contribution in [2.45, 2.75) is 0 Å². The van der Waals surface area contributed by atoms with Crippen LogP contribution in [-0.4, -0.2) is 30.1 Å². The van der Waals surface area contributed by atoms with Gasteiger partial charge in [-0.15, -0.1) is 0 Å². The van der Waals surface area contributed by atoms with E-state index in [-0.39, 0.29) is 0 Å². The molecule has 0 bridgehead atoms. The summed E-state index contributed by atoms with van der Waals surface area (Å²) in [7, 11) is 1.89. The Morgan fingerprint density at radius 1 is 1.57 bits per heavy atom. The maximum Gasteiger partial charge on any atom is 0.299 e. The molecule has 0 radical (unpaired) electrons. The van der Waals surface area contributed by atoms with Gasteiger partial charge in [-0.1, -0.05) is 0 Å². The third-order valence-electron chi connectivity index (χ3n) is 1.95. The van der Waals surface area contributed by atoms with Crippen molar-refractivity contribution < 1.29 is 4.42 Å². The van der Waals surface area contributed by atoms with Crippen molar-refractivity contribution in [3.8, 4) is 0 Å². The van der Waals surface area contributed by atoms with E-state index in [4.69, 9.17) is 10.2 Å². The van der Waals surface area contributed by atoms with E-state index < -0.39 is 0 Å². The van der Waals surface area contributed by atoms with E-state index >= 15 is 0 Å². The second kappa shape index (κ2) is 3.63. The van der Waals surface area contributed by atoms with Crippen LogP contribution in [0.2, 0.25) is 0 Å². The van der Waals surface area contributed by atoms with Crippen LogP contribution in [0.3, 0.4) is 0 Å². The van der Waals surface area contributed by atoms with E-state index in [9.17, 15) is 0 Å². The van der Waals surface area contributed by atoms with Gasteiger partial charge in [-0.25, -0.2) is 4.98 Å². The number of hydrogen-bond acceptors (Lipinski definition) is 5. The summed E-state index contributed by atoms with van der Waals surface area (Å²) in [5.41, 5.74) is 6.77. The van der Waals surface area contributed by atoms with E-state index in [1.165, 1.54) is 0 Å². The Morgan fingerprint density at radius 2 is 2.43 bits per heavy atom. The second-order valence-electron chi connectivity index (χ2n) is 3.03. The van der Waals surface area contributed by atoms with Gasteiger partial charge in [-0.2, -0.15) is 4.98 Å². The van der Waals surface area contributed by atoms with Gasteiger partial charge >= 0.3 is 0 Å². The van der Waals surface area contributed by atoms with Gasteiger partial charge in [0.25, 0.3) is 6.01 Å². The number of oxazole rings is 1. The molecule has 2 heterocycles. The van der Waals surface area contributed by atoms with Crippen molar-refractivity contribution in [2.24, 2.45) is 5.73 Å². The molecule has 2 N–H and O–H groups in total. The highest BCUT2D eigenvalue weighted by Gasteiger charge is 2.09. The predicted octanol–water partition coefficient (Wildman–Crippen LogP) is 0.618. The minimum atomic E-state index is 0.559. The molecule has 2 rings (SSSR count). The van der Waals surface area contributed by atoms with Crippen molar-refractivity contribution in [1.29, 1.82) is 0 Å². The fourth-order valence-electron chi connectivity index (χ4n) is 1.21. The van der Waals surface area contributed by atoms with Crippen molar-refractivity contribution >= 4 is 17.2 Å². The number of aromatic nitrogens is 2. The quantitative estimate of drug-likeness (QED) is 0.772. The summed E-state index contributed by atoms with van der Waals surface area (Å²) >= 11 is 0. The third-order valence-corrected chi connectivity index (χ3v) is 1.95. The molecule has 0 saturated heterocycles. The summed E-state index contributed by atoms with van der Waals surface area (Å²) in [4.78, 5) is 10.2. The number of nitrogens with two attached hydrogens (primary N) is 1. The van der Waals surface area contributed by atoms with Crippen LogP contribution >= 0.6 is 0 Å². The van der Waals surface area contributed by atoms with Crippen LogP contribution in [0.1, 0.15) is 0 Å². The lowest BCUT2D eigenvalue weighted by molar-refractivity contribution is 0.575. The van der Waals surface area contributed by atoms with E-state index in [0.29, 0.717) is 24.8 Å². The summed E-state index contributed by atoms with van der Waals surface area (Å²) in [5.74, 6) is 0. The van der Waals surface area contributed by atoms with Crippen molar-refractivity contribution in [1.82, 2.24) is 9.97 Å². The Morgan fingerprint density at radius 3 is 3.14 bits per heavy atom. The molecule has 0 fully saturated rings. The van der Waals surface area contributed by atoms with Crippen LogP contribution < -0.4 is 10.6 Å². The summed E-state index contributed by atoms with van der Waals surface area (Å²) in [6, 6.07) is 4.26. The summed E-state index contributed by atoms with van der Waals surface area (Å²) in [5, 5.41) is 0. The molecule has 0 amide bonds. The lowest BCUT2D eigenvalue weighted by Gasteiger charge is -2.11. The highest BCUT2D eigenvalue weighted by molar-refractivity contribution is 5.69. The second-order valence-corrected chi connectivity index (χ2v) is 3.03. The minimum absolute atomic E-state index is 0.559. The van der Waals surface area contributed by atoms with Crippen LogP contribution in [0.5, 0.6) is 0 Å². The maximum atomic E-state index is 5.43. The zero-order chi connectivity index (χ0) is 9.97. The molecule has 0 saturated carbocycles. The van der Waals surface area contributed by atoms with E-state index in [1.54, 1.807) is 6.20 Å². The third kappa shape index (κ3) is 1.54. The average molecular weight is 192 g/mol. The first-order chi connectivity index (χ1) is 6.81. The number of hydrogen-bond donors (Lipinski definition) is 1. The van der Waals surface area contributed by atoms with Gasteiger partial charge < -0.3 is 15.1 Å². The largest absolute Gasteiger partial charge is 0.404 e. The number of anilines is 1. The number of pyridine rings is 1. The monoisotopic (exact) mass is 192 g/mol. The molecular weight excluding hydrogens is 180 g/mol. The molecule has 0 aliphatic carbocycles. The highest BCUT2D eigenvalue weighted by atomic mass is 16.4. The standard InChI is InChI=1S/C9H12N4O/c1-13(6-4-10)9-12-7-3-2-5-11-8(7)14-9/h2-3,5H,4,6,10H2,1H3. The molecule has 74 valence electrons. The zero-order valence-corrected chi connectivity index (χ0v) is 7.97. The Hall–Kier alpha value is -1.62. The zero-order valence-electron chi connectivity index (χ0n) is 7.97. The maximum absolute atomic E-state index is 5.43. The molecule has 0 atom stereocenters. The molecule has 2 aromatic rings. The molecule has 0 unspecified atom stereocenters. The van der Waals surface area contributed by atoms with Crippen LogP contribution in [-0.2, 0) is 0 Å². The van der Waals surface area contributed by atoms with Gasteiger partial charge in [-0.05, 0) is 12.1 Å². The van der Waals surface area contributed by atoms with Crippen molar-refractivity contribution in [3.05, 3.63) is 18.3 Å². The lowest BCUT2D eigenvalue weighted by Crippen LogP contribution is -2.25. The summed E-state index contributed by atoms with van der Waals surface area (Å²) in [6.07, 6.45) is 1.68. The van der Waals surface area contributed by atoms with E-state index in [2.05, 4.69) is 9.97 Å². The van der Waals surface area contributed by atoms with Gasteiger partial charge in [-0.3, -0.25) is 0 Å². The summed E-state index contributed by atoms with van der Waals surface area (Å²) in [6.45, 7) is 1.29. The first-order valence-corrected chi connectivity index (χ1v) is 4.44. The smallest absolute Gasteiger partial charge is 0.299 e. The van der Waals surface area contributed by atoms with Gasteiger partial charge in [0.2, 0.25) is 5.71 Å². The lowest BCUT2D eigenvalue weighted by atomic mass is 10.4. The van der Waals surface area contributed by atoms with Gasteiger partial charge in [0.15, 0.2) is 0 Å². The Balaban J connectivity index is 2.35. The molecule has 5 nitrogen and oxygen atoms in total.